The molecule has 3 aromatic rings. The molecule has 0 saturated heterocycles. The third-order valence-electron chi connectivity index (χ3n) is 5.78. The fraction of sp³-hybridized carbons (Fsp3) is 0.385. The van der Waals surface area contributed by atoms with E-state index in [0.29, 0.717) is 21.9 Å². The van der Waals surface area contributed by atoms with Crippen LogP contribution in [0.15, 0.2) is 35.8 Å². The van der Waals surface area contributed by atoms with E-state index in [0.717, 1.165) is 52.1 Å². The molecule has 37 heavy (non-hydrogen) atoms. The summed E-state index contributed by atoms with van der Waals surface area (Å²) in [6.07, 6.45) is 5.57. The Labute approximate surface area is 227 Å². The Bertz CT molecular complexity index is 1400. The normalized spacial score (nSPS) is 13.3. The number of anilines is 1. The lowest BCUT2D eigenvalue weighted by Gasteiger charge is -2.12. The van der Waals surface area contributed by atoms with E-state index in [1.807, 2.05) is 22.8 Å². The number of carbonyl (C=O) groups is 3. The number of carbonyl (C=O) groups excluding carboxylic acids is 3. The van der Waals surface area contributed by atoms with Crippen molar-refractivity contribution >= 4 is 67.4 Å². The van der Waals surface area contributed by atoms with Gasteiger partial charge in [-0.3, -0.25) is 9.59 Å². The summed E-state index contributed by atoms with van der Waals surface area (Å²) >= 11 is 4.04. The smallest absolute Gasteiger partial charge is 0.341 e. The zero-order chi connectivity index (χ0) is 26.4. The van der Waals surface area contributed by atoms with Crippen molar-refractivity contribution < 1.29 is 23.9 Å². The van der Waals surface area contributed by atoms with Gasteiger partial charge < -0.3 is 19.4 Å². The van der Waals surface area contributed by atoms with Crippen LogP contribution in [0.3, 0.4) is 0 Å². The predicted molar refractivity (Wildman–Crippen MR) is 150 cm³/mol. The Morgan fingerprint density at radius 2 is 2.03 bits per heavy atom. The second-order valence-electron chi connectivity index (χ2n) is 8.30. The van der Waals surface area contributed by atoms with Crippen molar-refractivity contribution in [1.82, 2.24) is 4.57 Å². The van der Waals surface area contributed by atoms with Gasteiger partial charge in [-0.2, -0.15) is 4.99 Å². The molecule has 0 radical (unpaired) electrons. The zero-order valence-electron chi connectivity index (χ0n) is 20.8. The van der Waals surface area contributed by atoms with Crippen LogP contribution in [0, 0.1) is 0 Å². The molecule has 2 amide bonds. The minimum absolute atomic E-state index is 0.0603. The molecule has 8 nitrogen and oxygen atoms in total. The molecular formula is C26H29N3O5S3. The summed E-state index contributed by atoms with van der Waals surface area (Å²) in [5.74, 6) is -0.123. The first-order valence-corrected chi connectivity index (χ1v) is 14.8. The molecule has 1 aromatic carbocycles. The van der Waals surface area contributed by atoms with Crippen LogP contribution in [0.25, 0.3) is 10.2 Å². The van der Waals surface area contributed by atoms with E-state index in [1.165, 1.54) is 34.4 Å². The molecule has 0 saturated carbocycles. The summed E-state index contributed by atoms with van der Waals surface area (Å²) in [5.41, 5.74) is 2.43. The van der Waals surface area contributed by atoms with Gasteiger partial charge >= 0.3 is 5.97 Å². The Balaban J connectivity index is 1.41. The molecule has 2 aromatic heterocycles. The minimum atomic E-state index is -0.396. The Hall–Kier alpha value is -2.89. The Kier molecular flexibility index (Phi) is 9.23. The number of fused-ring (bicyclic) bond motifs is 2. The largest absolute Gasteiger partial charge is 0.497 e. The maximum Gasteiger partial charge on any atom is 0.341 e. The van der Waals surface area contributed by atoms with Gasteiger partial charge in [-0.15, -0.1) is 29.7 Å². The maximum absolute atomic E-state index is 12.7. The second kappa shape index (κ2) is 12.6. The number of thiazole rings is 1. The molecule has 11 heteroatoms. The molecular weight excluding hydrogens is 531 g/mol. The number of allylic oxidation sites excluding steroid dienone is 1. The second-order valence-corrected chi connectivity index (χ2v) is 11.4. The number of amides is 2. The quantitative estimate of drug-likeness (QED) is 0.283. The first-order valence-electron chi connectivity index (χ1n) is 12.0. The van der Waals surface area contributed by atoms with Gasteiger partial charge in [-0.25, -0.2) is 4.79 Å². The molecule has 0 aliphatic heterocycles. The van der Waals surface area contributed by atoms with Crippen LogP contribution < -0.4 is 14.9 Å². The van der Waals surface area contributed by atoms with E-state index in [2.05, 4.69) is 16.9 Å². The summed E-state index contributed by atoms with van der Waals surface area (Å²) < 4.78 is 13.4. The van der Waals surface area contributed by atoms with Crippen molar-refractivity contribution in [3.8, 4) is 5.75 Å². The van der Waals surface area contributed by atoms with Crippen LogP contribution in [-0.2, 0) is 33.7 Å². The standard InChI is InChI=1S/C26H29N3O5S3/c1-4-12-29-18-11-10-16(33-3)13-20(18)37-26(29)28-22(31)15-35-14-21(30)27-24-23(25(32)34-5-2)17-8-6-7-9-19(17)36-24/h4,10-11,13H,1,5-9,12,14-15H2,2-3H3,(H,27,30). The zero-order valence-corrected chi connectivity index (χ0v) is 23.3. The lowest BCUT2D eigenvalue weighted by atomic mass is 9.95. The molecule has 0 unspecified atom stereocenters. The number of hydrogen-bond donors (Lipinski definition) is 1. The highest BCUT2D eigenvalue weighted by atomic mass is 32.2. The van der Waals surface area contributed by atoms with Gasteiger partial charge in [0.1, 0.15) is 10.8 Å². The molecule has 4 rings (SSSR count). The number of methoxy groups -OCH3 is 1. The molecule has 0 atom stereocenters. The first kappa shape index (κ1) is 27.2. The Morgan fingerprint density at radius 3 is 2.78 bits per heavy atom. The summed E-state index contributed by atoms with van der Waals surface area (Å²) in [6.45, 7) is 6.36. The topological polar surface area (TPSA) is 99.0 Å². The van der Waals surface area contributed by atoms with Crippen LogP contribution >= 0.6 is 34.4 Å². The molecule has 2 heterocycles. The van der Waals surface area contributed by atoms with Crippen LogP contribution in [0.1, 0.15) is 40.6 Å². The number of aryl methyl sites for hydroxylation is 1. The fourth-order valence-electron chi connectivity index (χ4n) is 4.18. The molecule has 196 valence electrons. The highest BCUT2D eigenvalue weighted by Gasteiger charge is 2.27. The van der Waals surface area contributed by atoms with E-state index in [9.17, 15) is 14.4 Å². The van der Waals surface area contributed by atoms with Gasteiger partial charge in [-0.1, -0.05) is 17.4 Å². The molecule has 0 fully saturated rings. The van der Waals surface area contributed by atoms with Crippen molar-refractivity contribution in [2.45, 2.75) is 39.2 Å². The van der Waals surface area contributed by atoms with Crippen molar-refractivity contribution in [2.24, 2.45) is 4.99 Å². The number of benzene rings is 1. The van der Waals surface area contributed by atoms with Gasteiger partial charge in [0.15, 0.2) is 4.80 Å². The van der Waals surface area contributed by atoms with Crippen molar-refractivity contribution in [3.63, 3.8) is 0 Å². The van der Waals surface area contributed by atoms with Gasteiger partial charge in [-0.05, 0) is 56.4 Å². The molecule has 1 aliphatic rings. The first-order chi connectivity index (χ1) is 17.9. The van der Waals surface area contributed by atoms with E-state index in [1.54, 1.807) is 20.1 Å². The highest BCUT2D eigenvalue weighted by Crippen LogP contribution is 2.38. The van der Waals surface area contributed by atoms with Crippen LogP contribution in [0.5, 0.6) is 5.75 Å². The molecule has 0 spiro atoms. The number of aromatic nitrogens is 1. The number of nitrogens with zero attached hydrogens (tertiary/aromatic N) is 2. The average Bonchev–Trinajstić information content (AvgIpc) is 3.41. The summed E-state index contributed by atoms with van der Waals surface area (Å²) in [6, 6.07) is 5.71. The Morgan fingerprint density at radius 1 is 1.22 bits per heavy atom. The number of nitrogens with one attached hydrogen (secondary N) is 1. The van der Waals surface area contributed by atoms with Crippen LogP contribution in [-0.4, -0.2) is 47.6 Å². The van der Waals surface area contributed by atoms with Crippen LogP contribution in [0.2, 0.25) is 0 Å². The van der Waals surface area contributed by atoms with E-state index in [4.69, 9.17) is 9.47 Å². The van der Waals surface area contributed by atoms with E-state index in [-0.39, 0.29) is 29.9 Å². The summed E-state index contributed by atoms with van der Waals surface area (Å²) in [4.78, 5) is 43.9. The van der Waals surface area contributed by atoms with Crippen molar-refractivity contribution in [2.75, 3.05) is 30.5 Å². The summed E-state index contributed by atoms with van der Waals surface area (Å²) in [5, 5.41) is 3.42. The predicted octanol–water partition coefficient (Wildman–Crippen LogP) is 4.81. The average molecular weight is 560 g/mol. The molecule has 1 aliphatic carbocycles. The van der Waals surface area contributed by atoms with Gasteiger partial charge in [0.05, 0.1) is 41.0 Å². The lowest BCUT2D eigenvalue weighted by molar-refractivity contribution is -0.115. The molecule has 0 bridgehead atoms. The third-order valence-corrected chi connectivity index (χ3v) is 8.95. The SMILES string of the molecule is C=CCn1c(=NC(=O)CSCC(=O)Nc2sc3c(c2C(=O)OCC)CCCC3)sc2cc(OC)ccc21. The minimum Gasteiger partial charge on any atom is -0.497 e. The van der Waals surface area contributed by atoms with Gasteiger partial charge in [0, 0.05) is 11.4 Å². The number of ether oxygens (including phenoxy) is 2. The fourth-order valence-corrected chi connectivity index (χ4v) is 7.15. The van der Waals surface area contributed by atoms with Gasteiger partial charge in [0.2, 0.25) is 5.91 Å². The molecule has 1 N–H and O–H groups in total. The number of hydrogen-bond acceptors (Lipinski definition) is 8. The lowest BCUT2D eigenvalue weighted by Crippen LogP contribution is -2.19. The number of esters is 1. The number of thiophene rings is 1. The van der Waals surface area contributed by atoms with Crippen molar-refractivity contribution in [3.05, 3.63) is 51.7 Å². The number of thioether (sulfide) groups is 1. The third kappa shape index (κ3) is 6.34. The van der Waals surface area contributed by atoms with E-state index >= 15 is 0 Å². The number of rotatable bonds is 10. The highest BCUT2D eigenvalue weighted by molar-refractivity contribution is 8.00. The maximum atomic E-state index is 12.7. The van der Waals surface area contributed by atoms with Gasteiger partial charge in [0.25, 0.3) is 5.91 Å². The van der Waals surface area contributed by atoms with Crippen LogP contribution in [0.4, 0.5) is 5.00 Å². The summed E-state index contributed by atoms with van der Waals surface area (Å²) in [7, 11) is 1.61. The van der Waals surface area contributed by atoms with E-state index < -0.39 is 5.97 Å². The monoisotopic (exact) mass is 559 g/mol. The van der Waals surface area contributed by atoms with Crippen molar-refractivity contribution in [1.29, 1.82) is 0 Å².